The van der Waals surface area contributed by atoms with E-state index in [4.69, 9.17) is 9.47 Å². The molecule has 5 heteroatoms. The summed E-state index contributed by atoms with van der Waals surface area (Å²) in [6, 6.07) is 0. The van der Waals surface area contributed by atoms with Crippen LogP contribution >= 0.6 is 0 Å². The Hall–Kier alpha value is -1.10. The van der Waals surface area contributed by atoms with Crippen molar-refractivity contribution in [2.75, 3.05) is 13.2 Å². The van der Waals surface area contributed by atoms with Crippen LogP contribution in [-0.2, 0) is 9.47 Å². The predicted molar refractivity (Wildman–Crippen MR) is 64.5 cm³/mol. The normalized spacial score (nSPS) is 12.8. The van der Waals surface area contributed by atoms with E-state index in [1.807, 2.05) is 13.8 Å². The lowest BCUT2D eigenvalue weighted by atomic mass is 10.2. The first-order valence-corrected chi connectivity index (χ1v) is 5.61. The molecule has 0 saturated heterocycles. The summed E-state index contributed by atoms with van der Waals surface area (Å²) in [5.41, 5.74) is -0.192. The first-order chi connectivity index (χ1) is 7.74. The van der Waals surface area contributed by atoms with E-state index >= 15 is 0 Å². The van der Waals surface area contributed by atoms with Gasteiger partial charge in [0.1, 0.15) is 5.60 Å². The maximum absolute atomic E-state index is 12.5. The molecule has 0 saturated carbocycles. The van der Waals surface area contributed by atoms with E-state index in [-0.39, 0.29) is 19.3 Å². The van der Waals surface area contributed by atoms with Gasteiger partial charge in [-0.25, -0.2) is 9.18 Å². The smallest absolute Gasteiger partial charge is 0.407 e. The SMILES string of the molecule is CC(C)OC/C(=C/F)CNC(=O)OC(C)(C)C. The molecule has 0 aromatic rings. The largest absolute Gasteiger partial charge is 0.444 e. The van der Waals surface area contributed by atoms with Crippen molar-refractivity contribution in [1.29, 1.82) is 0 Å². The zero-order valence-corrected chi connectivity index (χ0v) is 11.2. The van der Waals surface area contributed by atoms with Gasteiger partial charge in [-0.15, -0.1) is 0 Å². The second-order valence-electron chi connectivity index (χ2n) is 4.98. The highest BCUT2D eigenvalue weighted by Crippen LogP contribution is 2.06. The molecule has 1 amide bonds. The third-order valence-electron chi connectivity index (χ3n) is 1.62. The number of halogens is 1. The van der Waals surface area contributed by atoms with Crippen molar-refractivity contribution >= 4 is 6.09 Å². The van der Waals surface area contributed by atoms with Crippen molar-refractivity contribution in [3.05, 3.63) is 11.9 Å². The third kappa shape index (κ3) is 9.81. The summed E-state index contributed by atoms with van der Waals surface area (Å²) in [4.78, 5) is 11.3. The molecule has 0 aliphatic carbocycles. The van der Waals surface area contributed by atoms with E-state index in [9.17, 15) is 9.18 Å². The lowest BCUT2D eigenvalue weighted by molar-refractivity contribution is 0.0526. The van der Waals surface area contributed by atoms with Crippen molar-refractivity contribution in [2.24, 2.45) is 0 Å². The van der Waals surface area contributed by atoms with Gasteiger partial charge in [-0.2, -0.15) is 0 Å². The van der Waals surface area contributed by atoms with Gasteiger partial charge in [0.2, 0.25) is 0 Å². The molecule has 0 aliphatic heterocycles. The molecule has 0 atom stereocenters. The second kappa shape index (κ2) is 7.27. The van der Waals surface area contributed by atoms with Gasteiger partial charge in [-0.1, -0.05) is 0 Å². The number of hydrogen-bond acceptors (Lipinski definition) is 3. The molecule has 1 N–H and O–H groups in total. The minimum Gasteiger partial charge on any atom is -0.444 e. The summed E-state index contributed by atoms with van der Waals surface area (Å²) >= 11 is 0. The van der Waals surface area contributed by atoms with E-state index in [2.05, 4.69) is 5.32 Å². The van der Waals surface area contributed by atoms with Crippen molar-refractivity contribution < 1.29 is 18.7 Å². The van der Waals surface area contributed by atoms with Gasteiger partial charge in [0.15, 0.2) is 0 Å². The standard InChI is InChI=1S/C12H22FNO3/c1-9(2)16-8-10(6-13)7-14-11(15)17-12(3,4)5/h6,9H,7-8H2,1-5H3,(H,14,15)/b10-6+. The second-order valence-corrected chi connectivity index (χ2v) is 4.98. The summed E-state index contributed by atoms with van der Waals surface area (Å²) in [6.45, 7) is 9.25. The fraction of sp³-hybridized carbons (Fsp3) is 0.750. The zero-order chi connectivity index (χ0) is 13.5. The average molecular weight is 247 g/mol. The highest BCUT2D eigenvalue weighted by atomic mass is 19.1. The van der Waals surface area contributed by atoms with Crippen LogP contribution in [0.5, 0.6) is 0 Å². The molecule has 0 rings (SSSR count). The van der Waals surface area contributed by atoms with Gasteiger partial charge in [0.25, 0.3) is 0 Å². The molecule has 0 spiro atoms. The molecule has 0 radical (unpaired) electrons. The van der Waals surface area contributed by atoms with E-state index in [1.54, 1.807) is 20.8 Å². The van der Waals surface area contributed by atoms with E-state index in [1.165, 1.54) is 0 Å². The molecule has 0 aliphatic rings. The van der Waals surface area contributed by atoms with Crippen molar-refractivity contribution in [1.82, 2.24) is 5.32 Å². The minimum atomic E-state index is -0.568. The minimum absolute atomic E-state index is 0.0199. The molecular weight excluding hydrogens is 225 g/mol. The Morgan fingerprint density at radius 2 is 2.00 bits per heavy atom. The first-order valence-electron chi connectivity index (χ1n) is 5.61. The number of alkyl carbamates (subject to hydrolysis) is 1. The van der Waals surface area contributed by atoms with Crippen molar-refractivity contribution in [3.63, 3.8) is 0 Å². The van der Waals surface area contributed by atoms with Crippen LogP contribution in [0.15, 0.2) is 11.9 Å². The van der Waals surface area contributed by atoms with E-state index in [0.717, 1.165) is 0 Å². The topological polar surface area (TPSA) is 47.6 Å². The molecule has 100 valence electrons. The van der Waals surface area contributed by atoms with Crippen LogP contribution in [0.25, 0.3) is 0 Å². The van der Waals surface area contributed by atoms with Gasteiger partial charge >= 0.3 is 6.09 Å². The predicted octanol–water partition coefficient (Wildman–Crippen LogP) is 2.79. The Kier molecular flexibility index (Phi) is 6.80. The molecule has 0 aromatic carbocycles. The molecule has 17 heavy (non-hydrogen) atoms. The van der Waals surface area contributed by atoms with Crippen LogP contribution in [0.2, 0.25) is 0 Å². The van der Waals surface area contributed by atoms with Gasteiger partial charge in [-0.05, 0) is 34.6 Å². The highest BCUT2D eigenvalue weighted by molar-refractivity contribution is 5.68. The van der Waals surface area contributed by atoms with Crippen LogP contribution in [-0.4, -0.2) is 30.9 Å². The zero-order valence-electron chi connectivity index (χ0n) is 11.2. The summed E-state index contributed by atoms with van der Waals surface area (Å²) in [6.07, 6.45) is -0.104. The summed E-state index contributed by atoms with van der Waals surface area (Å²) in [7, 11) is 0. The van der Waals surface area contributed by atoms with E-state index < -0.39 is 11.7 Å². The quantitative estimate of drug-likeness (QED) is 0.812. The third-order valence-corrected chi connectivity index (χ3v) is 1.62. The molecule has 0 aromatic heterocycles. The Morgan fingerprint density at radius 1 is 1.41 bits per heavy atom. The number of nitrogens with one attached hydrogen (secondary N) is 1. The molecular formula is C12H22FNO3. The summed E-state index contributed by atoms with van der Waals surface area (Å²) in [5.74, 6) is 0. The Labute approximate surface area is 102 Å². The Balaban J connectivity index is 3.96. The Bertz CT molecular complexity index is 269. The number of amides is 1. The van der Waals surface area contributed by atoms with Crippen molar-refractivity contribution in [2.45, 2.75) is 46.3 Å². The van der Waals surface area contributed by atoms with Gasteiger partial charge in [0, 0.05) is 12.1 Å². The molecule has 0 heterocycles. The van der Waals surface area contributed by atoms with Crippen LogP contribution < -0.4 is 5.32 Å². The van der Waals surface area contributed by atoms with Gasteiger partial charge in [-0.3, -0.25) is 0 Å². The summed E-state index contributed by atoms with van der Waals surface area (Å²) in [5, 5.41) is 2.46. The van der Waals surface area contributed by atoms with Crippen LogP contribution in [0.3, 0.4) is 0 Å². The number of carbonyl (C=O) groups is 1. The average Bonchev–Trinajstić information content (AvgIpc) is 2.14. The Morgan fingerprint density at radius 3 is 2.41 bits per heavy atom. The molecule has 0 fully saturated rings. The fourth-order valence-electron chi connectivity index (χ4n) is 0.895. The summed E-state index contributed by atoms with van der Waals surface area (Å²) < 4.78 is 22.7. The maximum atomic E-state index is 12.5. The molecule has 0 unspecified atom stereocenters. The number of carbonyl (C=O) groups excluding carboxylic acids is 1. The van der Waals surface area contributed by atoms with Crippen LogP contribution in [0, 0.1) is 0 Å². The van der Waals surface area contributed by atoms with Crippen LogP contribution in [0.4, 0.5) is 9.18 Å². The lowest BCUT2D eigenvalue weighted by Crippen LogP contribution is -2.34. The molecule has 4 nitrogen and oxygen atoms in total. The van der Waals surface area contributed by atoms with E-state index in [0.29, 0.717) is 11.9 Å². The molecule has 0 bridgehead atoms. The number of ether oxygens (including phenoxy) is 2. The van der Waals surface area contributed by atoms with Gasteiger partial charge in [0.05, 0.1) is 19.0 Å². The highest BCUT2D eigenvalue weighted by Gasteiger charge is 2.16. The van der Waals surface area contributed by atoms with Crippen LogP contribution in [0.1, 0.15) is 34.6 Å². The number of rotatable bonds is 5. The van der Waals surface area contributed by atoms with Crippen molar-refractivity contribution in [3.8, 4) is 0 Å². The maximum Gasteiger partial charge on any atom is 0.407 e. The lowest BCUT2D eigenvalue weighted by Gasteiger charge is -2.20. The number of hydrogen-bond donors (Lipinski definition) is 1. The first kappa shape index (κ1) is 15.9. The fourth-order valence-corrected chi connectivity index (χ4v) is 0.895. The monoisotopic (exact) mass is 247 g/mol. The van der Waals surface area contributed by atoms with Gasteiger partial charge < -0.3 is 14.8 Å².